The van der Waals surface area contributed by atoms with Crippen molar-refractivity contribution in [2.75, 3.05) is 18.2 Å². The van der Waals surface area contributed by atoms with Crippen LogP contribution in [0.4, 0.5) is 5.69 Å². The monoisotopic (exact) mass is 501 g/mol. The third-order valence-electron chi connectivity index (χ3n) is 7.29. The second-order valence-corrected chi connectivity index (χ2v) is 10.5. The van der Waals surface area contributed by atoms with E-state index >= 15 is 0 Å². The van der Waals surface area contributed by atoms with E-state index in [2.05, 4.69) is 30.1 Å². The normalized spacial score (nSPS) is 15.6. The Morgan fingerprint density at radius 1 is 1.17 bits per heavy atom. The molecule has 1 saturated carbocycles. The largest absolute Gasteiger partial charge is 0.497 e. The Morgan fingerprint density at radius 2 is 1.92 bits per heavy atom. The number of nitrogens with zero attached hydrogens (tertiary/aromatic N) is 2. The number of allylic oxidation sites excluding steroid dienone is 1. The van der Waals surface area contributed by atoms with E-state index in [-0.39, 0.29) is 22.6 Å². The minimum absolute atomic E-state index is 0.00867. The van der Waals surface area contributed by atoms with E-state index in [0.29, 0.717) is 17.4 Å². The van der Waals surface area contributed by atoms with Crippen LogP contribution >= 0.6 is 11.8 Å². The van der Waals surface area contributed by atoms with Crippen molar-refractivity contribution in [3.8, 4) is 17.0 Å². The van der Waals surface area contributed by atoms with Crippen LogP contribution in [0.15, 0.2) is 71.1 Å². The van der Waals surface area contributed by atoms with Gasteiger partial charge in [-0.25, -0.2) is 4.98 Å². The van der Waals surface area contributed by atoms with Crippen molar-refractivity contribution in [2.24, 2.45) is 0 Å². The SMILES string of the molecule is C=CCn1c(SCC(=O)Nc2ccc(OC)cc2)nc2c(c1=O)C1(CCCCC1)Cc1ccccc1-2. The number of anilines is 1. The maximum absolute atomic E-state index is 14.1. The van der Waals surface area contributed by atoms with Gasteiger partial charge >= 0.3 is 0 Å². The molecule has 3 aromatic rings. The van der Waals surface area contributed by atoms with Crippen molar-refractivity contribution in [2.45, 2.75) is 55.6 Å². The minimum atomic E-state index is -0.163. The Kier molecular flexibility index (Phi) is 7.01. The molecule has 0 radical (unpaired) electrons. The summed E-state index contributed by atoms with van der Waals surface area (Å²) in [6, 6.07) is 15.5. The topological polar surface area (TPSA) is 73.2 Å². The van der Waals surface area contributed by atoms with Gasteiger partial charge in [0, 0.05) is 23.2 Å². The van der Waals surface area contributed by atoms with Gasteiger partial charge in [0.05, 0.1) is 24.1 Å². The molecule has 1 spiro atoms. The van der Waals surface area contributed by atoms with Crippen molar-refractivity contribution in [1.29, 1.82) is 0 Å². The summed E-state index contributed by atoms with van der Waals surface area (Å²) in [6.45, 7) is 4.23. The third kappa shape index (κ3) is 4.60. The Bertz CT molecular complexity index is 1340. The molecular formula is C29H31N3O3S. The van der Waals surface area contributed by atoms with E-state index in [1.807, 2.05) is 6.07 Å². The minimum Gasteiger partial charge on any atom is -0.497 e. The van der Waals surface area contributed by atoms with Gasteiger partial charge in [-0.3, -0.25) is 14.2 Å². The highest BCUT2D eigenvalue weighted by atomic mass is 32.2. The van der Waals surface area contributed by atoms with Gasteiger partial charge in [0.15, 0.2) is 5.16 Å². The van der Waals surface area contributed by atoms with E-state index in [9.17, 15) is 9.59 Å². The molecule has 2 aliphatic carbocycles. The van der Waals surface area contributed by atoms with Gasteiger partial charge in [-0.05, 0) is 49.1 Å². The molecule has 1 aromatic heterocycles. The van der Waals surface area contributed by atoms with E-state index in [0.717, 1.165) is 54.7 Å². The van der Waals surface area contributed by atoms with Crippen molar-refractivity contribution in [1.82, 2.24) is 9.55 Å². The van der Waals surface area contributed by atoms with Gasteiger partial charge in [-0.2, -0.15) is 0 Å². The summed E-state index contributed by atoms with van der Waals surface area (Å²) >= 11 is 1.29. The molecule has 6 nitrogen and oxygen atoms in total. The van der Waals surface area contributed by atoms with Crippen molar-refractivity contribution in [3.05, 3.63) is 82.7 Å². The number of carbonyl (C=O) groups excluding carboxylic acids is 1. The predicted molar refractivity (Wildman–Crippen MR) is 145 cm³/mol. The number of rotatable bonds is 7. The van der Waals surface area contributed by atoms with Crippen LogP contribution in [0.25, 0.3) is 11.3 Å². The molecule has 0 bridgehead atoms. The van der Waals surface area contributed by atoms with Gasteiger partial charge < -0.3 is 10.1 Å². The summed E-state index contributed by atoms with van der Waals surface area (Å²) < 4.78 is 6.87. The van der Waals surface area contributed by atoms with Crippen LogP contribution in [-0.4, -0.2) is 28.3 Å². The quantitative estimate of drug-likeness (QED) is 0.259. The Hall–Kier alpha value is -3.32. The number of fused-ring (bicyclic) bond motifs is 4. The predicted octanol–water partition coefficient (Wildman–Crippen LogP) is 5.59. The average molecular weight is 502 g/mol. The highest BCUT2D eigenvalue weighted by molar-refractivity contribution is 7.99. The number of nitrogens with one attached hydrogen (secondary N) is 1. The van der Waals surface area contributed by atoms with E-state index in [1.54, 1.807) is 42.0 Å². The summed E-state index contributed by atoms with van der Waals surface area (Å²) in [5.41, 5.74) is 4.48. The molecule has 0 saturated heterocycles. The van der Waals surface area contributed by atoms with Crippen LogP contribution in [0.5, 0.6) is 5.75 Å². The first kappa shape index (κ1) is 24.4. The molecule has 1 amide bonds. The third-order valence-corrected chi connectivity index (χ3v) is 8.27. The summed E-state index contributed by atoms with van der Waals surface area (Å²) in [6.07, 6.45) is 8.10. The highest BCUT2D eigenvalue weighted by Crippen LogP contribution is 2.48. The second-order valence-electron chi connectivity index (χ2n) is 9.56. The molecular weight excluding hydrogens is 470 g/mol. The number of ether oxygens (including phenoxy) is 1. The molecule has 2 aromatic carbocycles. The Labute approximate surface area is 215 Å². The zero-order valence-corrected chi connectivity index (χ0v) is 21.4. The fourth-order valence-corrected chi connectivity index (χ4v) is 6.42. The number of aromatic nitrogens is 2. The maximum atomic E-state index is 14.1. The molecule has 0 unspecified atom stereocenters. The zero-order chi connectivity index (χ0) is 25.1. The van der Waals surface area contributed by atoms with Gasteiger partial charge in [-0.1, -0.05) is 61.4 Å². The number of amides is 1. The summed E-state index contributed by atoms with van der Waals surface area (Å²) in [5, 5.41) is 3.45. The Morgan fingerprint density at radius 3 is 2.64 bits per heavy atom. The van der Waals surface area contributed by atoms with Crippen LogP contribution in [0.2, 0.25) is 0 Å². The van der Waals surface area contributed by atoms with Crippen LogP contribution < -0.4 is 15.6 Å². The molecule has 1 N–H and O–H groups in total. The Balaban J connectivity index is 1.49. The molecule has 2 aliphatic rings. The van der Waals surface area contributed by atoms with Gasteiger partial charge in [0.25, 0.3) is 5.56 Å². The van der Waals surface area contributed by atoms with Crippen molar-refractivity contribution < 1.29 is 9.53 Å². The lowest BCUT2D eigenvalue weighted by Gasteiger charge is -2.42. The number of methoxy groups -OCH3 is 1. The van der Waals surface area contributed by atoms with Crippen LogP contribution in [0.1, 0.15) is 43.2 Å². The fraction of sp³-hybridized carbons (Fsp3) is 0.345. The molecule has 0 aliphatic heterocycles. The zero-order valence-electron chi connectivity index (χ0n) is 20.6. The summed E-state index contributed by atoms with van der Waals surface area (Å²) in [7, 11) is 1.60. The van der Waals surface area contributed by atoms with E-state index < -0.39 is 0 Å². The smallest absolute Gasteiger partial charge is 0.258 e. The standard InChI is InChI=1S/C29H31N3O3S/c1-3-17-32-27(34)25-26(23-10-6-5-9-20(23)18-29(25)15-7-4-8-16-29)31-28(32)36-19-24(33)30-21-11-13-22(35-2)14-12-21/h3,5-6,9-14H,1,4,7-8,15-19H2,2H3,(H,30,33). The molecule has 0 atom stereocenters. The summed E-state index contributed by atoms with van der Waals surface area (Å²) in [5.74, 6) is 0.706. The molecule has 1 fully saturated rings. The van der Waals surface area contributed by atoms with Crippen molar-refractivity contribution in [3.63, 3.8) is 0 Å². The highest BCUT2D eigenvalue weighted by Gasteiger charge is 2.43. The van der Waals surface area contributed by atoms with Gasteiger partial charge in [-0.15, -0.1) is 6.58 Å². The number of hydrogen-bond acceptors (Lipinski definition) is 5. The maximum Gasteiger partial charge on any atom is 0.258 e. The first-order valence-corrected chi connectivity index (χ1v) is 13.4. The number of thioether (sulfide) groups is 1. The molecule has 186 valence electrons. The number of carbonyl (C=O) groups is 1. The van der Waals surface area contributed by atoms with Gasteiger partial charge in [0.2, 0.25) is 5.91 Å². The lowest BCUT2D eigenvalue weighted by Crippen LogP contribution is -2.43. The first-order chi connectivity index (χ1) is 17.5. The van der Waals surface area contributed by atoms with Crippen LogP contribution in [0.3, 0.4) is 0 Å². The lowest BCUT2D eigenvalue weighted by molar-refractivity contribution is -0.113. The van der Waals surface area contributed by atoms with E-state index in [1.165, 1.54) is 23.7 Å². The van der Waals surface area contributed by atoms with Gasteiger partial charge in [0.1, 0.15) is 5.75 Å². The summed E-state index contributed by atoms with van der Waals surface area (Å²) in [4.78, 5) is 31.8. The van der Waals surface area contributed by atoms with Crippen molar-refractivity contribution >= 4 is 23.4 Å². The van der Waals surface area contributed by atoms with Crippen LogP contribution in [-0.2, 0) is 23.2 Å². The fourth-order valence-electron chi connectivity index (χ4n) is 5.62. The molecule has 36 heavy (non-hydrogen) atoms. The molecule has 7 heteroatoms. The molecule has 1 heterocycles. The van der Waals surface area contributed by atoms with Crippen LogP contribution in [0, 0.1) is 0 Å². The average Bonchev–Trinajstić information content (AvgIpc) is 2.90. The lowest BCUT2D eigenvalue weighted by atomic mass is 9.62. The van der Waals surface area contributed by atoms with E-state index in [4.69, 9.17) is 9.72 Å². The second kappa shape index (κ2) is 10.3. The molecule has 5 rings (SSSR count). The number of hydrogen-bond donors (Lipinski definition) is 1. The first-order valence-electron chi connectivity index (χ1n) is 12.5. The number of benzene rings is 2.